The van der Waals surface area contributed by atoms with Crippen LogP contribution in [0.4, 0.5) is 4.39 Å². The van der Waals surface area contributed by atoms with Gasteiger partial charge in [-0.15, -0.1) is 11.3 Å². The largest absolute Gasteiger partial charge is 0.312 e. The maximum absolute atomic E-state index is 13.8. The van der Waals surface area contributed by atoms with Gasteiger partial charge >= 0.3 is 0 Å². The predicted octanol–water partition coefficient (Wildman–Crippen LogP) is 4.27. The number of benzene rings is 1. The number of halogens is 2. The Hall–Kier alpha value is -0.970. The standard InChI is InChI=1S/C15H18ClFN2S/c1-10(2)7-18-8-12-9-19-14(20-12)6-11-4-3-5-13(16)15(11)17/h3-5,9-10,18H,6-8H2,1-2H3. The van der Waals surface area contributed by atoms with Gasteiger partial charge in [-0.2, -0.15) is 0 Å². The molecule has 0 fully saturated rings. The number of hydrogen-bond donors (Lipinski definition) is 1. The molecule has 0 saturated heterocycles. The molecular weight excluding hydrogens is 295 g/mol. The van der Waals surface area contributed by atoms with Crippen molar-refractivity contribution in [3.8, 4) is 0 Å². The molecule has 0 aliphatic carbocycles. The molecule has 2 nitrogen and oxygen atoms in total. The minimum absolute atomic E-state index is 0.165. The Bertz CT molecular complexity index is 569. The average Bonchev–Trinajstić information content (AvgIpc) is 2.82. The molecule has 0 spiro atoms. The van der Waals surface area contributed by atoms with Gasteiger partial charge in [-0.3, -0.25) is 0 Å². The summed E-state index contributed by atoms with van der Waals surface area (Å²) in [5.74, 6) is 0.284. The van der Waals surface area contributed by atoms with E-state index < -0.39 is 0 Å². The first-order valence-electron chi connectivity index (χ1n) is 6.63. The number of hydrogen-bond acceptors (Lipinski definition) is 3. The fourth-order valence-electron chi connectivity index (χ4n) is 1.84. The van der Waals surface area contributed by atoms with Crippen LogP contribution in [0.15, 0.2) is 24.4 Å². The van der Waals surface area contributed by atoms with Crippen LogP contribution < -0.4 is 5.32 Å². The van der Waals surface area contributed by atoms with Gasteiger partial charge in [0.1, 0.15) is 5.82 Å². The van der Waals surface area contributed by atoms with Crippen molar-refractivity contribution in [2.45, 2.75) is 26.8 Å². The molecule has 1 aromatic heterocycles. The molecule has 0 radical (unpaired) electrons. The second kappa shape index (κ2) is 7.16. The van der Waals surface area contributed by atoms with E-state index >= 15 is 0 Å². The van der Waals surface area contributed by atoms with Crippen molar-refractivity contribution in [3.63, 3.8) is 0 Å². The van der Waals surface area contributed by atoms with Gasteiger partial charge in [0, 0.05) is 24.0 Å². The van der Waals surface area contributed by atoms with Crippen LogP contribution in [0.3, 0.4) is 0 Å². The Morgan fingerprint density at radius 2 is 2.20 bits per heavy atom. The van der Waals surface area contributed by atoms with Crippen LogP contribution >= 0.6 is 22.9 Å². The zero-order chi connectivity index (χ0) is 14.5. The molecule has 0 bridgehead atoms. The molecule has 108 valence electrons. The minimum Gasteiger partial charge on any atom is -0.312 e. The summed E-state index contributed by atoms with van der Waals surface area (Å²) in [6.07, 6.45) is 2.34. The molecule has 5 heteroatoms. The zero-order valence-electron chi connectivity index (χ0n) is 11.6. The van der Waals surface area contributed by atoms with Crippen molar-refractivity contribution in [2.75, 3.05) is 6.54 Å². The van der Waals surface area contributed by atoms with Crippen LogP contribution in [0.5, 0.6) is 0 Å². The van der Waals surface area contributed by atoms with E-state index in [9.17, 15) is 4.39 Å². The van der Waals surface area contributed by atoms with Gasteiger partial charge in [-0.25, -0.2) is 9.37 Å². The van der Waals surface area contributed by atoms with Crippen LogP contribution in [0.2, 0.25) is 5.02 Å². The number of nitrogens with zero attached hydrogens (tertiary/aromatic N) is 1. The van der Waals surface area contributed by atoms with Crippen molar-refractivity contribution in [3.05, 3.63) is 50.7 Å². The third-order valence-electron chi connectivity index (χ3n) is 2.83. The third kappa shape index (κ3) is 4.27. The van der Waals surface area contributed by atoms with E-state index in [0.717, 1.165) is 18.1 Å². The lowest BCUT2D eigenvalue weighted by Gasteiger charge is -2.04. The van der Waals surface area contributed by atoms with Crippen molar-refractivity contribution in [2.24, 2.45) is 5.92 Å². The number of aromatic nitrogens is 1. The Morgan fingerprint density at radius 1 is 1.40 bits per heavy atom. The fraction of sp³-hybridized carbons (Fsp3) is 0.400. The summed E-state index contributed by atoms with van der Waals surface area (Å²) in [4.78, 5) is 5.52. The lowest BCUT2D eigenvalue weighted by atomic mass is 10.1. The van der Waals surface area contributed by atoms with Gasteiger partial charge in [0.25, 0.3) is 0 Å². The van der Waals surface area contributed by atoms with Crippen LogP contribution in [-0.2, 0) is 13.0 Å². The van der Waals surface area contributed by atoms with Gasteiger partial charge in [0.15, 0.2) is 0 Å². The average molecular weight is 313 g/mol. The Labute approximate surface area is 128 Å². The van der Waals surface area contributed by atoms with Gasteiger partial charge in [-0.05, 0) is 24.1 Å². The van der Waals surface area contributed by atoms with Gasteiger partial charge < -0.3 is 5.32 Å². The molecule has 20 heavy (non-hydrogen) atoms. The van der Waals surface area contributed by atoms with Gasteiger partial charge in [0.05, 0.1) is 10.0 Å². The monoisotopic (exact) mass is 312 g/mol. The molecule has 1 heterocycles. The molecule has 1 aromatic carbocycles. The normalized spacial score (nSPS) is 11.2. The van der Waals surface area contributed by atoms with Crippen LogP contribution in [0, 0.1) is 11.7 Å². The molecule has 1 N–H and O–H groups in total. The number of rotatable bonds is 6. The molecular formula is C15H18ClFN2S. The first-order chi connectivity index (χ1) is 9.56. The first-order valence-corrected chi connectivity index (χ1v) is 7.83. The highest BCUT2D eigenvalue weighted by Gasteiger charge is 2.09. The summed E-state index contributed by atoms with van der Waals surface area (Å²) >= 11 is 7.39. The second-order valence-corrected chi connectivity index (χ2v) is 6.74. The van der Waals surface area contributed by atoms with Crippen molar-refractivity contribution >= 4 is 22.9 Å². The maximum Gasteiger partial charge on any atom is 0.145 e. The molecule has 2 aromatic rings. The SMILES string of the molecule is CC(C)CNCc1cnc(Cc2cccc(Cl)c2F)s1. The van der Waals surface area contributed by atoms with Crippen molar-refractivity contribution in [1.82, 2.24) is 10.3 Å². The van der Waals surface area contributed by atoms with Crippen LogP contribution in [-0.4, -0.2) is 11.5 Å². The van der Waals surface area contributed by atoms with E-state index in [1.54, 1.807) is 29.5 Å². The molecule has 0 saturated carbocycles. The van der Waals surface area contributed by atoms with E-state index in [4.69, 9.17) is 11.6 Å². The summed E-state index contributed by atoms with van der Waals surface area (Å²) in [5, 5.41) is 4.45. The zero-order valence-corrected chi connectivity index (χ0v) is 13.2. The molecule has 2 rings (SSSR count). The highest BCUT2D eigenvalue weighted by molar-refractivity contribution is 7.11. The lowest BCUT2D eigenvalue weighted by molar-refractivity contribution is 0.554. The topological polar surface area (TPSA) is 24.9 Å². The Balaban J connectivity index is 1.97. The first kappa shape index (κ1) is 15.4. The fourth-order valence-corrected chi connectivity index (χ4v) is 2.95. The van der Waals surface area contributed by atoms with E-state index in [2.05, 4.69) is 24.1 Å². The minimum atomic E-state index is -0.344. The highest BCUT2D eigenvalue weighted by Crippen LogP contribution is 2.22. The maximum atomic E-state index is 13.8. The second-order valence-electron chi connectivity index (χ2n) is 5.13. The van der Waals surface area contributed by atoms with Gasteiger partial charge in [-0.1, -0.05) is 37.6 Å². The summed E-state index contributed by atoms with van der Waals surface area (Å²) in [7, 11) is 0. The lowest BCUT2D eigenvalue weighted by Crippen LogP contribution is -2.18. The quantitative estimate of drug-likeness (QED) is 0.861. The van der Waals surface area contributed by atoms with Crippen LogP contribution in [0.1, 0.15) is 29.3 Å². The van der Waals surface area contributed by atoms with Crippen molar-refractivity contribution < 1.29 is 4.39 Å². The number of thiazole rings is 1. The molecule has 0 unspecified atom stereocenters. The molecule has 0 aliphatic rings. The molecule has 0 amide bonds. The summed E-state index contributed by atoms with van der Waals surface area (Å²) < 4.78 is 13.8. The van der Waals surface area contributed by atoms with E-state index in [1.165, 1.54) is 4.88 Å². The summed E-state index contributed by atoms with van der Waals surface area (Å²) in [6, 6.07) is 5.07. The summed E-state index contributed by atoms with van der Waals surface area (Å²) in [6.45, 7) is 6.14. The summed E-state index contributed by atoms with van der Waals surface area (Å²) in [5.41, 5.74) is 0.591. The smallest absolute Gasteiger partial charge is 0.145 e. The van der Waals surface area contributed by atoms with Crippen molar-refractivity contribution in [1.29, 1.82) is 0 Å². The molecule has 0 atom stereocenters. The predicted molar refractivity (Wildman–Crippen MR) is 82.9 cm³/mol. The van der Waals surface area contributed by atoms with Gasteiger partial charge in [0.2, 0.25) is 0 Å². The van der Waals surface area contributed by atoms with E-state index in [-0.39, 0.29) is 10.8 Å². The van der Waals surface area contributed by atoms with E-state index in [1.807, 2.05) is 6.20 Å². The van der Waals surface area contributed by atoms with Crippen LogP contribution in [0.25, 0.3) is 0 Å². The highest BCUT2D eigenvalue weighted by atomic mass is 35.5. The number of nitrogens with one attached hydrogen (secondary N) is 1. The third-order valence-corrected chi connectivity index (χ3v) is 4.12. The Morgan fingerprint density at radius 3 is 2.95 bits per heavy atom. The Kier molecular flexibility index (Phi) is 5.52. The molecule has 0 aliphatic heterocycles. The van der Waals surface area contributed by atoms with E-state index in [0.29, 0.717) is 17.9 Å².